The van der Waals surface area contributed by atoms with Crippen molar-refractivity contribution in [2.45, 2.75) is 25.7 Å². The molecule has 3 aromatic rings. The normalized spacial score (nSPS) is 10.6. The molecule has 0 radical (unpaired) electrons. The molecule has 2 heterocycles. The average molecular weight is 321 g/mol. The van der Waals surface area contributed by atoms with Gasteiger partial charge in [-0.05, 0) is 31.4 Å². The number of nitrogens with zero attached hydrogens (tertiary/aromatic N) is 4. The Morgan fingerprint density at radius 2 is 2.04 bits per heavy atom. The van der Waals surface area contributed by atoms with Crippen molar-refractivity contribution in [3.05, 3.63) is 41.9 Å². The van der Waals surface area contributed by atoms with E-state index in [2.05, 4.69) is 31.6 Å². The zero-order valence-electron chi connectivity index (χ0n) is 13.3. The number of anilines is 2. The molecule has 0 aliphatic carbocycles. The highest BCUT2D eigenvalue weighted by molar-refractivity contribution is 5.88. The minimum Gasteiger partial charge on any atom is -0.381 e. The van der Waals surface area contributed by atoms with Crippen molar-refractivity contribution in [2.75, 3.05) is 17.6 Å². The van der Waals surface area contributed by atoms with Crippen molar-refractivity contribution in [1.82, 2.24) is 20.2 Å². The van der Waals surface area contributed by atoms with E-state index in [1.54, 1.807) is 6.33 Å². The molecule has 4 N–H and O–H groups in total. The van der Waals surface area contributed by atoms with Gasteiger partial charge in [-0.1, -0.05) is 18.6 Å². The Bertz CT molecular complexity index is 857. The van der Waals surface area contributed by atoms with Gasteiger partial charge in [0.15, 0.2) is 5.82 Å². The molecule has 0 aliphatic heterocycles. The predicted molar refractivity (Wildman–Crippen MR) is 93.3 cm³/mol. The number of aromatic nitrogens is 4. The Morgan fingerprint density at radius 3 is 2.92 bits per heavy atom. The zero-order valence-corrected chi connectivity index (χ0v) is 13.3. The maximum atomic E-state index is 9.03. The second kappa shape index (κ2) is 7.42. The van der Waals surface area contributed by atoms with E-state index in [-0.39, 0.29) is 5.82 Å². The third-order valence-electron chi connectivity index (χ3n) is 3.92. The number of nitrogens with one attached hydrogen (secondary N) is 2. The number of fused-ring (bicyclic) bond motifs is 1. The predicted octanol–water partition coefficient (Wildman–Crippen LogP) is 2.63. The Morgan fingerprint density at radius 1 is 1.17 bits per heavy atom. The molecule has 0 fully saturated rings. The largest absolute Gasteiger partial charge is 0.381 e. The number of aromatic amines is 1. The van der Waals surface area contributed by atoms with Gasteiger partial charge in [0.2, 0.25) is 0 Å². The highest BCUT2D eigenvalue weighted by atomic mass is 15.2. The summed E-state index contributed by atoms with van der Waals surface area (Å²) >= 11 is 0. The smallest absolute Gasteiger partial charge is 0.163 e. The molecule has 0 atom stereocenters. The summed E-state index contributed by atoms with van der Waals surface area (Å²) in [4.78, 5) is 8.57. The third-order valence-corrected chi connectivity index (χ3v) is 3.92. The molecular weight excluding hydrogens is 302 g/mol. The van der Waals surface area contributed by atoms with Crippen LogP contribution in [0, 0.1) is 11.3 Å². The summed E-state index contributed by atoms with van der Waals surface area (Å²) in [6, 6.07) is 10.0. The molecule has 0 bridgehead atoms. The molecule has 24 heavy (non-hydrogen) atoms. The van der Waals surface area contributed by atoms with Gasteiger partial charge in [0.25, 0.3) is 0 Å². The number of nitriles is 1. The molecule has 0 saturated carbocycles. The number of aryl methyl sites for hydroxylation is 1. The fraction of sp³-hybridized carbons (Fsp3) is 0.294. The second-order valence-corrected chi connectivity index (χ2v) is 5.55. The maximum absolute atomic E-state index is 9.03. The van der Waals surface area contributed by atoms with E-state index in [0.717, 1.165) is 54.6 Å². The molecule has 3 rings (SSSR count). The van der Waals surface area contributed by atoms with Gasteiger partial charge < -0.3 is 11.1 Å². The topological polar surface area (TPSA) is 116 Å². The van der Waals surface area contributed by atoms with Gasteiger partial charge in [0, 0.05) is 11.9 Å². The van der Waals surface area contributed by atoms with Gasteiger partial charge in [-0.3, -0.25) is 5.10 Å². The summed E-state index contributed by atoms with van der Waals surface area (Å²) in [7, 11) is 0. The number of para-hydroxylation sites is 1. The van der Waals surface area contributed by atoms with Crippen molar-refractivity contribution in [1.29, 1.82) is 5.26 Å². The summed E-state index contributed by atoms with van der Waals surface area (Å²) in [6.07, 6.45) is 5.40. The lowest BCUT2D eigenvalue weighted by molar-refractivity contribution is 0.687. The quantitative estimate of drug-likeness (QED) is 0.576. The number of rotatable bonds is 7. The molecule has 0 aliphatic rings. The lowest BCUT2D eigenvalue weighted by Crippen LogP contribution is -2.04. The van der Waals surface area contributed by atoms with Crippen molar-refractivity contribution >= 4 is 22.5 Å². The Labute approximate surface area is 139 Å². The number of H-pyrrole nitrogens is 1. The lowest BCUT2D eigenvalue weighted by Gasteiger charge is -2.08. The van der Waals surface area contributed by atoms with Crippen LogP contribution < -0.4 is 11.1 Å². The first-order valence-electron chi connectivity index (χ1n) is 7.96. The van der Waals surface area contributed by atoms with Crippen LogP contribution in [0.2, 0.25) is 0 Å². The van der Waals surface area contributed by atoms with Crippen LogP contribution in [0.4, 0.5) is 11.6 Å². The van der Waals surface area contributed by atoms with E-state index in [1.165, 1.54) is 0 Å². The highest BCUT2D eigenvalue weighted by Gasteiger charge is 2.09. The first-order valence-corrected chi connectivity index (χ1v) is 7.96. The molecule has 2 aromatic heterocycles. The number of hydrogen-bond donors (Lipinski definition) is 3. The van der Waals surface area contributed by atoms with E-state index in [0.29, 0.717) is 5.56 Å². The van der Waals surface area contributed by atoms with Gasteiger partial charge in [0.05, 0.1) is 11.2 Å². The van der Waals surface area contributed by atoms with E-state index in [9.17, 15) is 0 Å². The minimum atomic E-state index is 0.282. The van der Waals surface area contributed by atoms with E-state index < -0.39 is 0 Å². The molecular formula is C17H19N7. The number of unbranched alkanes of at least 4 members (excludes halogenated alkanes) is 2. The Hall–Kier alpha value is -3.14. The summed E-state index contributed by atoms with van der Waals surface area (Å²) < 4.78 is 0. The summed E-state index contributed by atoms with van der Waals surface area (Å²) in [6.45, 7) is 0.844. The van der Waals surface area contributed by atoms with Crippen LogP contribution in [0.5, 0.6) is 0 Å². The number of nitrogen functional groups attached to an aromatic ring is 1. The van der Waals surface area contributed by atoms with E-state index >= 15 is 0 Å². The first-order chi connectivity index (χ1) is 11.8. The number of hydrogen-bond acceptors (Lipinski definition) is 6. The maximum Gasteiger partial charge on any atom is 0.163 e. The summed E-state index contributed by atoms with van der Waals surface area (Å²) in [5.41, 5.74) is 7.86. The van der Waals surface area contributed by atoms with Crippen LogP contribution in [0.15, 0.2) is 30.6 Å². The summed E-state index contributed by atoms with van der Waals surface area (Å²) in [5, 5.41) is 20.1. The van der Waals surface area contributed by atoms with Crippen LogP contribution in [0.25, 0.3) is 10.9 Å². The van der Waals surface area contributed by atoms with Crippen LogP contribution in [-0.2, 0) is 6.42 Å². The van der Waals surface area contributed by atoms with Crippen LogP contribution in [0.3, 0.4) is 0 Å². The Balaban J connectivity index is 1.45. The molecule has 0 spiro atoms. The third kappa shape index (κ3) is 3.43. The minimum absolute atomic E-state index is 0.282. The van der Waals surface area contributed by atoms with Gasteiger partial charge in [-0.15, -0.1) is 0 Å². The van der Waals surface area contributed by atoms with Crippen molar-refractivity contribution in [3.8, 4) is 6.07 Å². The van der Waals surface area contributed by atoms with Gasteiger partial charge in [-0.25, -0.2) is 9.97 Å². The fourth-order valence-electron chi connectivity index (χ4n) is 2.66. The molecule has 0 amide bonds. The second-order valence-electron chi connectivity index (χ2n) is 5.55. The monoisotopic (exact) mass is 321 g/mol. The SMILES string of the molecule is N#Cc1c(N)n[nH]c1CCCCCNc1ncnc2ccccc12. The van der Waals surface area contributed by atoms with Crippen molar-refractivity contribution in [3.63, 3.8) is 0 Å². The lowest BCUT2D eigenvalue weighted by atomic mass is 10.1. The summed E-state index contributed by atoms with van der Waals surface area (Å²) in [5.74, 6) is 1.15. The van der Waals surface area contributed by atoms with Crippen LogP contribution >= 0.6 is 0 Å². The van der Waals surface area contributed by atoms with Crippen molar-refractivity contribution < 1.29 is 0 Å². The first kappa shape index (κ1) is 15.7. The molecule has 122 valence electrons. The molecule has 7 heteroatoms. The standard InChI is InChI=1S/C17H19N7/c18-10-13-15(23-24-16(13)19)8-2-1-5-9-20-17-12-6-3-4-7-14(12)21-11-22-17/h3-4,6-7,11H,1-2,5,8-9H2,(H3,19,23,24)(H,20,21,22). The van der Waals surface area contributed by atoms with E-state index in [1.807, 2.05) is 24.3 Å². The van der Waals surface area contributed by atoms with Crippen molar-refractivity contribution in [2.24, 2.45) is 0 Å². The van der Waals surface area contributed by atoms with Crippen LogP contribution in [-0.4, -0.2) is 26.7 Å². The Kier molecular flexibility index (Phi) is 4.87. The molecule has 7 nitrogen and oxygen atoms in total. The zero-order chi connectivity index (χ0) is 16.8. The van der Waals surface area contributed by atoms with Gasteiger partial charge in [0.1, 0.15) is 23.8 Å². The number of benzene rings is 1. The van der Waals surface area contributed by atoms with E-state index in [4.69, 9.17) is 11.0 Å². The highest BCUT2D eigenvalue weighted by Crippen LogP contribution is 2.18. The van der Waals surface area contributed by atoms with Gasteiger partial charge >= 0.3 is 0 Å². The number of nitrogens with two attached hydrogens (primary N) is 1. The molecule has 0 saturated heterocycles. The molecule has 1 aromatic carbocycles. The fourth-order valence-corrected chi connectivity index (χ4v) is 2.66. The molecule has 0 unspecified atom stereocenters. The van der Waals surface area contributed by atoms with Crippen LogP contribution in [0.1, 0.15) is 30.5 Å². The van der Waals surface area contributed by atoms with Gasteiger partial charge in [-0.2, -0.15) is 10.4 Å². The average Bonchev–Trinajstić information content (AvgIpc) is 2.97.